The van der Waals surface area contributed by atoms with Gasteiger partial charge in [-0.05, 0) is 55.2 Å². The number of aromatic nitrogens is 3. The minimum atomic E-state index is -0.143. The first kappa shape index (κ1) is 26.6. The fraction of sp³-hybridized carbons (Fsp3) is 0.433. The first-order chi connectivity index (χ1) is 19.1. The molecule has 9 heteroatoms. The summed E-state index contributed by atoms with van der Waals surface area (Å²) in [6, 6.07) is 11.6. The van der Waals surface area contributed by atoms with Gasteiger partial charge in [-0.3, -0.25) is 19.6 Å². The van der Waals surface area contributed by atoms with Crippen LogP contribution in [0.4, 0.5) is 0 Å². The van der Waals surface area contributed by atoms with Crippen molar-refractivity contribution in [2.24, 2.45) is 5.41 Å². The number of hydrogen-bond donors (Lipinski definition) is 0. The topological polar surface area (TPSA) is 97.8 Å². The molecule has 0 aliphatic carbocycles. The van der Waals surface area contributed by atoms with Crippen LogP contribution in [0, 0.1) is 5.41 Å². The van der Waals surface area contributed by atoms with Gasteiger partial charge in [0.15, 0.2) is 0 Å². The smallest absolute Gasteiger partial charge is 0.274 e. The van der Waals surface area contributed by atoms with Gasteiger partial charge < -0.3 is 19.3 Å². The maximum Gasteiger partial charge on any atom is 0.274 e. The number of hydrogen-bond acceptors (Lipinski definition) is 7. The number of amides is 2. The van der Waals surface area contributed by atoms with E-state index in [-0.39, 0.29) is 17.2 Å². The maximum atomic E-state index is 13.6. The molecule has 39 heavy (non-hydrogen) atoms. The van der Waals surface area contributed by atoms with Crippen LogP contribution in [0.25, 0.3) is 0 Å². The molecule has 0 radical (unpaired) electrons. The Morgan fingerprint density at radius 1 is 0.897 bits per heavy atom. The summed E-state index contributed by atoms with van der Waals surface area (Å²) in [7, 11) is 1.58. The molecule has 1 aromatic carbocycles. The molecule has 0 bridgehead atoms. The molecule has 2 aromatic heterocycles. The standard InChI is InChI=1S/C30H35N5O4/c1-38-24-9-13-32-25(20-24)28(36)34-16-11-30(12-17-34)10-5-4-7-23-6-2-3-8-27(23)39-19-18-35(22-30)29(37)26-21-31-14-15-33-26/h2-3,6,8-9,13-15,20-21H,4-5,7,10-12,16-19,22H2,1H3. The van der Waals surface area contributed by atoms with Crippen molar-refractivity contribution in [3.63, 3.8) is 0 Å². The molecule has 4 heterocycles. The number of likely N-dealkylation sites (tertiary alicyclic amines) is 1. The van der Waals surface area contributed by atoms with Gasteiger partial charge in [0.05, 0.1) is 19.9 Å². The van der Waals surface area contributed by atoms with E-state index in [0.29, 0.717) is 49.9 Å². The van der Waals surface area contributed by atoms with Crippen molar-refractivity contribution in [3.05, 3.63) is 78.1 Å². The second kappa shape index (κ2) is 12.2. The van der Waals surface area contributed by atoms with Gasteiger partial charge in [0, 0.05) is 44.3 Å². The molecular formula is C30H35N5O4. The van der Waals surface area contributed by atoms with E-state index in [4.69, 9.17) is 9.47 Å². The first-order valence-corrected chi connectivity index (χ1v) is 13.6. The predicted molar refractivity (Wildman–Crippen MR) is 146 cm³/mol. The van der Waals surface area contributed by atoms with E-state index in [9.17, 15) is 9.59 Å². The zero-order chi connectivity index (χ0) is 27.1. The molecule has 0 unspecified atom stereocenters. The summed E-state index contributed by atoms with van der Waals surface area (Å²) >= 11 is 0. The molecule has 0 N–H and O–H groups in total. The lowest BCUT2D eigenvalue weighted by molar-refractivity contribution is 0.0323. The normalized spacial score (nSPS) is 17.8. The van der Waals surface area contributed by atoms with E-state index in [2.05, 4.69) is 21.0 Å². The van der Waals surface area contributed by atoms with Crippen LogP contribution in [0.1, 0.15) is 58.6 Å². The van der Waals surface area contributed by atoms with Gasteiger partial charge >= 0.3 is 0 Å². The lowest BCUT2D eigenvalue weighted by Crippen LogP contribution is -2.50. The van der Waals surface area contributed by atoms with E-state index in [1.165, 1.54) is 11.8 Å². The van der Waals surface area contributed by atoms with Crippen molar-refractivity contribution in [2.75, 3.05) is 39.9 Å². The van der Waals surface area contributed by atoms with Gasteiger partial charge in [-0.15, -0.1) is 0 Å². The molecule has 2 amide bonds. The van der Waals surface area contributed by atoms with E-state index in [1.807, 2.05) is 28.0 Å². The predicted octanol–water partition coefficient (Wildman–Crippen LogP) is 4.05. The Labute approximate surface area is 229 Å². The maximum absolute atomic E-state index is 13.6. The lowest BCUT2D eigenvalue weighted by Gasteiger charge is -2.44. The number of rotatable bonds is 3. The van der Waals surface area contributed by atoms with Crippen molar-refractivity contribution in [1.29, 1.82) is 0 Å². The van der Waals surface area contributed by atoms with Crippen molar-refractivity contribution in [2.45, 2.75) is 38.5 Å². The van der Waals surface area contributed by atoms with Crippen LogP contribution in [0.3, 0.4) is 0 Å². The minimum Gasteiger partial charge on any atom is -0.497 e. The van der Waals surface area contributed by atoms with Gasteiger partial charge in [-0.2, -0.15) is 0 Å². The SMILES string of the molecule is COc1ccnc(C(=O)N2CCC3(CCCCc4ccccc4OCCN(C(=O)c4cnccn4)C3)CC2)c1. The van der Waals surface area contributed by atoms with E-state index < -0.39 is 0 Å². The van der Waals surface area contributed by atoms with Gasteiger partial charge in [-0.25, -0.2) is 4.98 Å². The van der Waals surface area contributed by atoms with E-state index in [1.54, 1.807) is 37.8 Å². The Morgan fingerprint density at radius 3 is 2.49 bits per heavy atom. The van der Waals surface area contributed by atoms with E-state index >= 15 is 0 Å². The highest BCUT2D eigenvalue weighted by Crippen LogP contribution is 2.39. The van der Waals surface area contributed by atoms with Crippen molar-refractivity contribution in [3.8, 4) is 11.5 Å². The number of nitrogens with zero attached hydrogens (tertiary/aromatic N) is 5. The Hall–Kier alpha value is -4.01. The third kappa shape index (κ3) is 6.35. The zero-order valence-electron chi connectivity index (χ0n) is 22.4. The molecule has 9 nitrogen and oxygen atoms in total. The van der Waals surface area contributed by atoms with Crippen LogP contribution in [-0.2, 0) is 6.42 Å². The monoisotopic (exact) mass is 529 g/mol. The third-order valence-electron chi connectivity index (χ3n) is 7.89. The Balaban J connectivity index is 1.35. The van der Waals surface area contributed by atoms with E-state index in [0.717, 1.165) is 44.3 Å². The first-order valence-electron chi connectivity index (χ1n) is 13.6. The van der Waals surface area contributed by atoms with Crippen LogP contribution in [-0.4, -0.2) is 76.5 Å². The summed E-state index contributed by atoms with van der Waals surface area (Å²) < 4.78 is 11.4. The summed E-state index contributed by atoms with van der Waals surface area (Å²) in [5.74, 6) is 1.27. The second-order valence-corrected chi connectivity index (χ2v) is 10.4. The number of fused-ring (bicyclic) bond motifs is 1. The van der Waals surface area contributed by atoms with Crippen molar-refractivity contribution >= 4 is 11.8 Å². The van der Waals surface area contributed by atoms with Crippen molar-refractivity contribution < 1.29 is 19.1 Å². The van der Waals surface area contributed by atoms with Gasteiger partial charge in [0.1, 0.15) is 29.5 Å². The van der Waals surface area contributed by atoms with Crippen LogP contribution in [0.15, 0.2) is 61.2 Å². The number of benzene rings is 1. The van der Waals surface area contributed by atoms with Crippen LogP contribution >= 0.6 is 0 Å². The molecule has 2 aliphatic rings. The molecule has 2 aliphatic heterocycles. The number of pyridine rings is 1. The number of aryl methyl sites for hydroxylation is 1. The number of carbonyl (C=O) groups is 2. The summed E-state index contributed by atoms with van der Waals surface area (Å²) in [6.45, 7) is 2.66. The fourth-order valence-corrected chi connectivity index (χ4v) is 5.65. The van der Waals surface area contributed by atoms with Gasteiger partial charge in [-0.1, -0.05) is 24.6 Å². The molecule has 204 valence electrons. The molecule has 3 aromatic rings. The summed E-state index contributed by atoms with van der Waals surface area (Å²) in [4.78, 5) is 43.2. The van der Waals surface area contributed by atoms with Crippen LogP contribution in [0.5, 0.6) is 11.5 Å². The Kier molecular flexibility index (Phi) is 8.34. The highest BCUT2D eigenvalue weighted by molar-refractivity contribution is 5.93. The largest absolute Gasteiger partial charge is 0.497 e. The fourth-order valence-electron chi connectivity index (χ4n) is 5.65. The minimum absolute atomic E-state index is 0.0885. The second-order valence-electron chi connectivity index (χ2n) is 10.4. The summed E-state index contributed by atoms with van der Waals surface area (Å²) in [5, 5.41) is 0. The number of ether oxygens (including phenoxy) is 2. The number of para-hydroxylation sites is 1. The quantitative estimate of drug-likeness (QED) is 0.505. The highest BCUT2D eigenvalue weighted by atomic mass is 16.5. The molecule has 5 rings (SSSR count). The number of piperidine rings is 1. The molecule has 1 saturated heterocycles. The number of carbonyl (C=O) groups excluding carboxylic acids is 2. The third-order valence-corrected chi connectivity index (χ3v) is 7.89. The lowest BCUT2D eigenvalue weighted by atomic mass is 9.73. The molecule has 0 saturated carbocycles. The average Bonchev–Trinajstić information content (AvgIpc) is 2.99. The van der Waals surface area contributed by atoms with Crippen LogP contribution < -0.4 is 9.47 Å². The summed E-state index contributed by atoms with van der Waals surface area (Å²) in [6.07, 6.45) is 11.9. The zero-order valence-corrected chi connectivity index (χ0v) is 22.4. The molecule has 1 fully saturated rings. The molecule has 1 spiro atoms. The summed E-state index contributed by atoms with van der Waals surface area (Å²) in [5.41, 5.74) is 1.82. The van der Waals surface area contributed by atoms with Crippen molar-refractivity contribution in [1.82, 2.24) is 24.8 Å². The molecule has 0 atom stereocenters. The average molecular weight is 530 g/mol. The number of methoxy groups -OCH3 is 1. The van der Waals surface area contributed by atoms with Crippen LogP contribution in [0.2, 0.25) is 0 Å². The highest BCUT2D eigenvalue weighted by Gasteiger charge is 2.39. The Bertz CT molecular complexity index is 1280. The van der Waals surface area contributed by atoms with Gasteiger partial charge in [0.25, 0.3) is 11.8 Å². The molecular weight excluding hydrogens is 494 g/mol. The Morgan fingerprint density at radius 2 is 1.69 bits per heavy atom. The van der Waals surface area contributed by atoms with Gasteiger partial charge in [0.2, 0.25) is 0 Å².